The van der Waals surface area contributed by atoms with E-state index in [0.29, 0.717) is 17.6 Å². The van der Waals surface area contributed by atoms with Gasteiger partial charge in [0.15, 0.2) is 5.65 Å². The van der Waals surface area contributed by atoms with Crippen LogP contribution >= 0.6 is 15.9 Å². The quantitative estimate of drug-likeness (QED) is 0.516. The second-order valence-corrected chi connectivity index (χ2v) is 7.60. The third kappa shape index (κ3) is 2.64. The minimum atomic E-state index is -0.0724. The van der Waals surface area contributed by atoms with Gasteiger partial charge in [0.05, 0.1) is 17.3 Å². The summed E-state index contributed by atoms with van der Waals surface area (Å²) in [6.07, 6.45) is 0.629. The maximum Gasteiger partial charge on any atom is 0.185 e. The predicted molar refractivity (Wildman–Crippen MR) is 106 cm³/mol. The number of fused-ring (bicyclic) bond motifs is 3. The number of aryl methyl sites for hydroxylation is 1. The molecule has 2 aromatic carbocycles. The molecule has 134 valence electrons. The number of nitrogens with zero attached hydrogens (tertiary/aromatic N) is 5. The molecular formula is C19H15BrN6O. The number of tetrazole rings is 1. The Balaban J connectivity index is 1.58. The van der Waals surface area contributed by atoms with Crippen molar-refractivity contribution >= 4 is 38.2 Å². The highest BCUT2D eigenvalue weighted by Crippen LogP contribution is 2.32. The van der Waals surface area contributed by atoms with E-state index >= 15 is 0 Å². The van der Waals surface area contributed by atoms with Crippen LogP contribution < -0.4 is 5.43 Å². The Labute approximate surface area is 162 Å². The summed E-state index contributed by atoms with van der Waals surface area (Å²) >= 11 is 3.45. The van der Waals surface area contributed by atoms with Crippen LogP contribution in [0.1, 0.15) is 29.2 Å². The molecular weight excluding hydrogens is 408 g/mol. The highest BCUT2D eigenvalue weighted by Gasteiger charge is 2.26. The molecule has 5 rings (SSSR count). The van der Waals surface area contributed by atoms with Crippen molar-refractivity contribution in [2.45, 2.75) is 19.4 Å². The van der Waals surface area contributed by atoms with Crippen molar-refractivity contribution in [2.75, 3.05) is 0 Å². The van der Waals surface area contributed by atoms with Gasteiger partial charge in [-0.05, 0) is 53.7 Å². The molecule has 3 heterocycles. The molecule has 1 unspecified atom stereocenters. The van der Waals surface area contributed by atoms with Gasteiger partial charge < -0.3 is 10.5 Å². The van der Waals surface area contributed by atoms with Gasteiger partial charge in [-0.2, -0.15) is 9.62 Å². The van der Waals surface area contributed by atoms with Crippen molar-refractivity contribution in [1.82, 2.24) is 25.5 Å². The Bertz CT molecular complexity index is 1230. The lowest BCUT2D eigenvalue weighted by Crippen LogP contribution is -2.12. The summed E-state index contributed by atoms with van der Waals surface area (Å²) in [5, 5.41) is 28.0. The fraction of sp³-hybridized carbons (Fsp3) is 0.158. The van der Waals surface area contributed by atoms with Gasteiger partial charge in [0.1, 0.15) is 5.75 Å². The molecule has 0 saturated heterocycles. The van der Waals surface area contributed by atoms with Crippen LogP contribution in [0.3, 0.4) is 0 Å². The number of hydrogen-bond acceptors (Lipinski definition) is 6. The van der Waals surface area contributed by atoms with E-state index in [1.54, 1.807) is 16.6 Å². The maximum absolute atomic E-state index is 10.2. The number of benzene rings is 2. The van der Waals surface area contributed by atoms with Crippen LogP contribution in [-0.2, 0) is 0 Å². The van der Waals surface area contributed by atoms with E-state index in [4.69, 9.17) is 0 Å². The monoisotopic (exact) mass is 422 g/mol. The number of rotatable bonds is 2. The first-order chi connectivity index (χ1) is 13.1. The molecule has 0 radical (unpaired) electrons. The summed E-state index contributed by atoms with van der Waals surface area (Å²) in [5.74, 6) is 0.211. The zero-order chi connectivity index (χ0) is 18.5. The maximum atomic E-state index is 10.2. The second kappa shape index (κ2) is 6.02. The first-order valence-corrected chi connectivity index (χ1v) is 9.32. The molecule has 0 saturated carbocycles. The van der Waals surface area contributed by atoms with Gasteiger partial charge in [0, 0.05) is 27.4 Å². The van der Waals surface area contributed by atoms with Gasteiger partial charge in [-0.3, -0.25) is 0 Å². The van der Waals surface area contributed by atoms with Gasteiger partial charge >= 0.3 is 0 Å². The number of nitrogens with one attached hydrogen (secondary N) is 1. The lowest BCUT2D eigenvalue weighted by Gasteiger charge is -2.13. The molecule has 27 heavy (non-hydrogen) atoms. The van der Waals surface area contributed by atoms with E-state index in [0.717, 1.165) is 26.7 Å². The summed E-state index contributed by atoms with van der Waals surface area (Å²) in [5.41, 5.74) is 8.52. The van der Waals surface area contributed by atoms with Crippen LogP contribution in [0.5, 0.6) is 5.75 Å². The average Bonchev–Trinajstić information content (AvgIpc) is 3.32. The van der Waals surface area contributed by atoms with Crippen molar-refractivity contribution in [3.05, 3.63) is 63.6 Å². The fourth-order valence-electron chi connectivity index (χ4n) is 3.53. The van der Waals surface area contributed by atoms with Gasteiger partial charge in [0.25, 0.3) is 0 Å². The standard InChI is InChI=1S/C19H15BrN6O/c1-10-2-4-17-11(6-10)7-14(19-23-24-25-26(17)19)16-9-15(21-22-16)13-8-12(20)3-5-18(13)27/h2-8,16,22,27H,9H2,1H3. The molecule has 2 aromatic heterocycles. The van der Waals surface area contributed by atoms with Gasteiger partial charge in [-0.25, -0.2) is 0 Å². The normalized spacial score (nSPS) is 16.7. The molecule has 1 atom stereocenters. The average molecular weight is 423 g/mol. The number of pyridine rings is 1. The molecule has 8 heteroatoms. The lowest BCUT2D eigenvalue weighted by atomic mass is 9.98. The zero-order valence-corrected chi connectivity index (χ0v) is 16.0. The molecule has 0 spiro atoms. The van der Waals surface area contributed by atoms with E-state index in [1.165, 1.54) is 5.56 Å². The first kappa shape index (κ1) is 16.2. The second-order valence-electron chi connectivity index (χ2n) is 6.68. The third-order valence-electron chi connectivity index (χ3n) is 4.85. The van der Waals surface area contributed by atoms with E-state index < -0.39 is 0 Å². The van der Waals surface area contributed by atoms with Gasteiger partial charge in [0.2, 0.25) is 0 Å². The van der Waals surface area contributed by atoms with Crippen LogP contribution in [-0.4, -0.2) is 30.9 Å². The minimum absolute atomic E-state index is 0.0724. The topological polar surface area (TPSA) is 87.7 Å². The SMILES string of the molecule is Cc1ccc2c(c1)cc(C1CC(c3cc(Br)ccc3O)=NN1)c1nnnn12. The Morgan fingerprint density at radius 1 is 1.19 bits per heavy atom. The van der Waals surface area contributed by atoms with Crippen LogP contribution in [0, 0.1) is 6.92 Å². The Kier molecular flexibility index (Phi) is 3.61. The van der Waals surface area contributed by atoms with Crippen LogP contribution in [0.15, 0.2) is 52.0 Å². The Morgan fingerprint density at radius 2 is 2.07 bits per heavy atom. The smallest absolute Gasteiger partial charge is 0.185 e. The molecule has 7 nitrogen and oxygen atoms in total. The predicted octanol–water partition coefficient (Wildman–Crippen LogP) is 3.49. The number of aromatic hydroxyl groups is 1. The van der Waals surface area contributed by atoms with Gasteiger partial charge in [-0.15, -0.1) is 5.10 Å². The number of phenols is 1. The number of hydrogen-bond donors (Lipinski definition) is 2. The minimum Gasteiger partial charge on any atom is -0.507 e. The lowest BCUT2D eigenvalue weighted by molar-refractivity contribution is 0.474. The van der Waals surface area contributed by atoms with Crippen molar-refractivity contribution in [3.8, 4) is 5.75 Å². The molecule has 0 fully saturated rings. The van der Waals surface area contributed by atoms with E-state index in [2.05, 4.69) is 61.0 Å². The zero-order valence-electron chi connectivity index (χ0n) is 14.4. The van der Waals surface area contributed by atoms with E-state index in [9.17, 15) is 5.11 Å². The van der Waals surface area contributed by atoms with Crippen LogP contribution in [0.25, 0.3) is 16.6 Å². The van der Waals surface area contributed by atoms with Crippen molar-refractivity contribution in [3.63, 3.8) is 0 Å². The molecule has 1 aliphatic heterocycles. The fourth-order valence-corrected chi connectivity index (χ4v) is 3.89. The Hall–Kier alpha value is -3.00. The summed E-state index contributed by atoms with van der Waals surface area (Å²) in [7, 11) is 0. The third-order valence-corrected chi connectivity index (χ3v) is 5.34. The molecule has 0 aliphatic carbocycles. The first-order valence-electron chi connectivity index (χ1n) is 8.52. The summed E-state index contributed by atoms with van der Waals surface area (Å²) in [4.78, 5) is 0. The van der Waals surface area contributed by atoms with E-state index in [-0.39, 0.29) is 11.8 Å². The summed E-state index contributed by atoms with van der Waals surface area (Å²) < 4.78 is 2.66. The number of aromatic nitrogens is 4. The van der Waals surface area contributed by atoms with Crippen molar-refractivity contribution < 1.29 is 5.11 Å². The number of halogens is 1. The molecule has 2 N–H and O–H groups in total. The largest absolute Gasteiger partial charge is 0.507 e. The Morgan fingerprint density at radius 3 is 2.96 bits per heavy atom. The highest BCUT2D eigenvalue weighted by molar-refractivity contribution is 9.10. The number of hydrazone groups is 1. The highest BCUT2D eigenvalue weighted by atomic mass is 79.9. The van der Waals surface area contributed by atoms with Crippen molar-refractivity contribution in [1.29, 1.82) is 0 Å². The number of phenolic OH excluding ortho intramolecular Hbond substituents is 1. The molecule has 1 aliphatic rings. The molecule has 0 bridgehead atoms. The molecule has 0 amide bonds. The summed E-state index contributed by atoms with van der Waals surface area (Å²) in [6, 6.07) is 13.6. The van der Waals surface area contributed by atoms with Gasteiger partial charge in [-0.1, -0.05) is 27.6 Å². The van der Waals surface area contributed by atoms with Crippen LogP contribution in [0.2, 0.25) is 0 Å². The van der Waals surface area contributed by atoms with Crippen molar-refractivity contribution in [2.24, 2.45) is 5.10 Å². The van der Waals surface area contributed by atoms with Crippen LogP contribution in [0.4, 0.5) is 0 Å². The van der Waals surface area contributed by atoms with E-state index in [1.807, 2.05) is 18.2 Å². The molecule has 4 aromatic rings. The summed E-state index contributed by atoms with van der Waals surface area (Å²) in [6.45, 7) is 2.06.